The first-order valence-corrected chi connectivity index (χ1v) is 10.2. The maximum Gasteiger partial charge on any atom is 0.258 e. The van der Waals surface area contributed by atoms with Gasteiger partial charge in [-0.3, -0.25) is 9.59 Å². The van der Waals surface area contributed by atoms with Gasteiger partial charge in [-0.2, -0.15) is 0 Å². The van der Waals surface area contributed by atoms with E-state index in [-0.39, 0.29) is 29.9 Å². The molecule has 0 aromatic heterocycles. The largest absolute Gasteiger partial charge is 0.484 e. The molecule has 1 N–H and O–H groups in total. The van der Waals surface area contributed by atoms with E-state index in [0.29, 0.717) is 23.3 Å². The summed E-state index contributed by atoms with van der Waals surface area (Å²) in [7, 11) is -3.05. The topological polar surface area (TPSA) is 89.5 Å². The third-order valence-corrected chi connectivity index (χ3v) is 5.96. The summed E-state index contributed by atoms with van der Waals surface area (Å²) in [5.74, 6) is -0.615. The molecule has 1 fully saturated rings. The molecule has 1 saturated heterocycles. The van der Waals surface area contributed by atoms with Crippen LogP contribution in [0.2, 0.25) is 0 Å². The molecule has 8 heteroatoms. The van der Waals surface area contributed by atoms with Crippen molar-refractivity contribution in [3.8, 4) is 5.75 Å². The van der Waals surface area contributed by atoms with Crippen LogP contribution in [0.5, 0.6) is 5.75 Å². The molecular weight excluding hydrogens is 373 g/mol. The molecule has 0 unspecified atom stereocenters. The number of benzene rings is 2. The lowest BCUT2D eigenvalue weighted by Gasteiger charge is -2.11. The highest BCUT2D eigenvalue weighted by atomic mass is 32.2. The quantitative estimate of drug-likeness (QED) is 0.758. The highest BCUT2D eigenvalue weighted by Crippen LogP contribution is 2.16. The van der Waals surface area contributed by atoms with Crippen molar-refractivity contribution in [1.29, 1.82) is 0 Å². The van der Waals surface area contributed by atoms with Gasteiger partial charge in [-0.05, 0) is 55.0 Å². The zero-order chi connectivity index (χ0) is 19.4. The third-order valence-electron chi connectivity index (χ3n) is 4.19. The van der Waals surface area contributed by atoms with Gasteiger partial charge in [-0.15, -0.1) is 0 Å². The number of halogens is 1. The van der Waals surface area contributed by atoms with Crippen molar-refractivity contribution in [3.63, 3.8) is 0 Å². The molecular formula is C19H18FNO5S. The minimum absolute atomic E-state index is 0.0427. The van der Waals surface area contributed by atoms with Gasteiger partial charge < -0.3 is 10.1 Å². The molecule has 1 heterocycles. The fraction of sp³-hybridized carbons (Fsp3) is 0.263. The predicted molar refractivity (Wildman–Crippen MR) is 97.0 cm³/mol. The highest BCUT2D eigenvalue weighted by molar-refractivity contribution is 7.91. The monoisotopic (exact) mass is 391 g/mol. The van der Waals surface area contributed by atoms with Gasteiger partial charge in [0, 0.05) is 17.2 Å². The number of nitrogens with one attached hydrogen (secondary N) is 1. The Labute approximate surface area is 156 Å². The lowest BCUT2D eigenvalue weighted by molar-refractivity contribution is -0.123. The van der Waals surface area contributed by atoms with E-state index in [1.165, 1.54) is 24.3 Å². The van der Waals surface area contributed by atoms with E-state index >= 15 is 0 Å². The Morgan fingerprint density at radius 1 is 1.04 bits per heavy atom. The summed E-state index contributed by atoms with van der Waals surface area (Å²) < 4.78 is 41.1. The van der Waals surface area contributed by atoms with Gasteiger partial charge in [0.25, 0.3) is 5.91 Å². The number of ether oxygens (including phenoxy) is 1. The van der Waals surface area contributed by atoms with Crippen LogP contribution in [0.1, 0.15) is 22.3 Å². The van der Waals surface area contributed by atoms with E-state index < -0.39 is 21.6 Å². The maximum atomic E-state index is 12.9. The fourth-order valence-corrected chi connectivity index (χ4v) is 4.47. The van der Waals surface area contributed by atoms with E-state index in [9.17, 15) is 22.4 Å². The predicted octanol–water partition coefficient (Wildman–Crippen LogP) is 1.74. The SMILES string of the molecule is O=C(COc1ccc(C(=O)c2ccc(F)cc2)cc1)N[C@@H]1CCS(=O)(=O)C1. The van der Waals surface area contributed by atoms with E-state index in [0.717, 1.165) is 0 Å². The summed E-state index contributed by atoms with van der Waals surface area (Å²) in [4.78, 5) is 24.2. The average Bonchev–Trinajstić information content (AvgIpc) is 2.99. The second kappa shape index (κ2) is 7.87. The van der Waals surface area contributed by atoms with Crippen LogP contribution in [-0.2, 0) is 14.6 Å². The van der Waals surface area contributed by atoms with Crippen LogP contribution < -0.4 is 10.1 Å². The van der Waals surface area contributed by atoms with E-state index in [1.807, 2.05) is 0 Å². The van der Waals surface area contributed by atoms with Crippen LogP contribution >= 0.6 is 0 Å². The number of rotatable bonds is 6. The summed E-state index contributed by atoms with van der Waals surface area (Å²) in [6.45, 7) is -0.248. The van der Waals surface area contributed by atoms with E-state index in [2.05, 4.69) is 5.32 Å². The Hall–Kier alpha value is -2.74. The van der Waals surface area contributed by atoms with Crippen molar-refractivity contribution in [2.75, 3.05) is 18.1 Å². The fourth-order valence-electron chi connectivity index (χ4n) is 2.80. The molecule has 1 aliphatic rings. The molecule has 1 aliphatic heterocycles. The first kappa shape index (κ1) is 19.0. The van der Waals surface area contributed by atoms with Gasteiger partial charge in [0.2, 0.25) is 0 Å². The van der Waals surface area contributed by atoms with Crippen molar-refractivity contribution < 1.29 is 27.1 Å². The Morgan fingerprint density at radius 3 is 2.19 bits per heavy atom. The second-order valence-corrected chi connectivity index (χ2v) is 8.55. The molecule has 2 aromatic carbocycles. The number of sulfone groups is 1. The van der Waals surface area contributed by atoms with Crippen molar-refractivity contribution in [2.45, 2.75) is 12.5 Å². The molecule has 0 aliphatic carbocycles. The average molecular weight is 391 g/mol. The maximum absolute atomic E-state index is 12.9. The molecule has 27 heavy (non-hydrogen) atoms. The number of amides is 1. The van der Waals surface area contributed by atoms with Gasteiger partial charge >= 0.3 is 0 Å². The number of ketones is 1. The first-order valence-electron chi connectivity index (χ1n) is 8.35. The minimum Gasteiger partial charge on any atom is -0.484 e. The standard InChI is InChI=1S/C19H18FNO5S/c20-15-5-1-13(2-6-15)19(23)14-3-7-17(8-4-14)26-11-18(22)21-16-9-10-27(24,25)12-16/h1-8,16H,9-12H2,(H,21,22)/t16-/m1/s1. The second-order valence-electron chi connectivity index (χ2n) is 6.32. The van der Waals surface area contributed by atoms with Crippen LogP contribution in [0.25, 0.3) is 0 Å². The smallest absolute Gasteiger partial charge is 0.258 e. The normalized spacial score (nSPS) is 18.0. The summed E-state index contributed by atoms with van der Waals surface area (Å²) in [5.41, 5.74) is 0.783. The van der Waals surface area contributed by atoms with Crippen LogP contribution in [-0.4, -0.2) is 44.3 Å². The van der Waals surface area contributed by atoms with Gasteiger partial charge in [0.1, 0.15) is 11.6 Å². The summed E-state index contributed by atoms with van der Waals surface area (Å²) >= 11 is 0. The van der Waals surface area contributed by atoms with Crippen molar-refractivity contribution >= 4 is 21.5 Å². The van der Waals surface area contributed by atoms with Gasteiger partial charge in [-0.1, -0.05) is 0 Å². The Bertz CT molecular complexity index is 939. The summed E-state index contributed by atoms with van der Waals surface area (Å²) in [5, 5.41) is 2.63. The van der Waals surface area contributed by atoms with Gasteiger partial charge in [0.15, 0.2) is 22.2 Å². The Balaban J connectivity index is 1.52. The Kier molecular flexibility index (Phi) is 5.55. The lowest BCUT2D eigenvalue weighted by Crippen LogP contribution is -2.38. The van der Waals surface area contributed by atoms with E-state index in [1.54, 1.807) is 24.3 Å². The molecule has 6 nitrogen and oxygen atoms in total. The van der Waals surface area contributed by atoms with Crippen molar-refractivity contribution in [1.82, 2.24) is 5.32 Å². The number of carbonyl (C=O) groups excluding carboxylic acids is 2. The molecule has 0 bridgehead atoms. The lowest BCUT2D eigenvalue weighted by atomic mass is 10.0. The molecule has 2 aromatic rings. The van der Waals surface area contributed by atoms with Crippen LogP contribution in [0.15, 0.2) is 48.5 Å². The molecule has 142 valence electrons. The van der Waals surface area contributed by atoms with Crippen LogP contribution in [0.4, 0.5) is 4.39 Å². The third kappa shape index (κ3) is 5.13. The van der Waals surface area contributed by atoms with Gasteiger partial charge in [-0.25, -0.2) is 12.8 Å². The molecule has 0 saturated carbocycles. The molecule has 3 rings (SSSR count). The zero-order valence-corrected chi connectivity index (χ0v) is 15.2. The van der Waals surface area contributed by atoms with Gasteiger partial charge in [0.05, 0.1) is 11.5 Å². The Morgan fingerprint density at radius 2 is 1.63 bits per heavy atom. The molecule has 1 amide bonds. The zero-order valence-electron chi connectivity index (χ0n) is 14.4. The molecule has 1 atom stereocenters. The van der Waals surface area contributed by atoms with E-state index in [4.69, 9.17) is 4.74 Å². The first-order chi connectivity index (χ1) is 12.8. The summed E-state index contributed by atoms with van der Waals surface area (Å²) in [6, 6.07) is 11.1. The number of carbonyl (C=O) groups is 2. The molecule has 0 spiro atoms. The molecule has 0 radical (unpaired) electrons. The van der Waals surface area contributed by atoms with Crippen LogP contribution in [0, 0.1) is 5.82 Å². The van der Waals surface area contributed by atoms with Crippen molar-refractivity contribution in [2.24, 2.45) is 0 Å². The van der Waals surface area contributed by atoms with Crippen LogP contribution in [0.3, 0.4) is 0 Å². The van der Waals surface area contributed by atoms with Crippen molar-refractivity contribution in [3.05, 3.63) is 65.5 Å². The summed E-state index contributed by atoms with van der Waals surface area (Å²) in [6.07, 6.45) is 0.411. The minimum atomic E-state index is -3.05. The number of hydrogen-bond acceptors (Lipinski definition) is 5. The highest BCUT2D eigenvalue weighted by Gasteiger charge is 2.28. The number of hydrogen-bond donors (Lipinski definition) is 1.